The molecule has 0 aliphatic heterocycles. The van der Waals surface area contributed by atoms with Crippen LogP contribution < -0.4 is 5.32 Å². The summed E-state index contributed by atoms with van der Waals surface area (Å²) in [4.78, 5) is 12.4. The zero-order valence-electron chi connectivity index (χ0n) is 13.8. The van der Waals surface area contributed by atoms with Crippen LogP contribution in [0, 0.1) is 11.3 Å². The van der Waals surface area contributed by atoms with Gasteiger partial charge in [-0.25, -0.2) is 0 Å². The van der Waals surface area contributed by atoms with Gasteiger partial charge in [0.15, 0.2) is 0 Å². The van der Waals surface area contributed by atoms with Crippen molar-refractivity contribution in [3.05, 3.63) is 59.7 Å². The van der Waals surface area contributed by atoms with E-state index >= 15 is 0 Å². The van der Waals surface area contributed by atoms with Gasteiger partial charge in [-0.15, -0.1) is 11.8 Å². The van der Waals surface area contributed by atoms with Gasteiger partial charge in [0.05, 0.1) is 17.7 Å². The van der Waals surface area contributed by atoms with Gasteiger partial charge in [-0.3, -0.25) is 4.79 Å². The molecular formula is C19H20N2O2S. The van der Waals surface area contributed by atoms with E-state index in [0.717, 1.165) is 17.0 Å². The first kappa shape index (κ1) is 17.9. The fourth-order valence-corrected chi connectivity index (χ4v) is 2.98. The number of hydrogen-bond acceptors (Lipinski definition) is 5. The highest BCUT2D eigenvalue weighted by atomic mass is 32.2. The van der Waals surface area contributed by atoms with E-state index in [0.29, 0.717) is 5.56 Å². The molecular weight excluding hydrogens is 320 g/mol. The van der Waals surface area contributed by atoms with E-state index in [1.165, 1.54) is 11.8 Å². The third-order valence-corrected chi connectivity index (χ3v) is 4.26. The molecule has 0 radical (unpaired) electrons. The molecule has 24 heavy (non-hydrogen) atoms. The molecule has 2 aromatic rings. The Bertz CT molecular complexity index is 723. The first-order chi connectivity index (χ1) is 11.6. The topological polar surface area (TPSA) is 62.1 Å². The number of ether oxygens (including phenoxy) is 1. The van der Waals surface area contributed by atoms with Gasteiger partial charge in [0.1, 0.15) is 6.61 Å². The Morgan fingerprint density at radius 1 is 1.29 bits per heavy atom. The SMILES string of the molecule is CCSc1cccc(C(COC(C)=O)Nc2ccc(C#N)cc2)c1. The Balaban J connectivity index is 2.21. The van der Waals surface area contributed by atoms with Gasteiger partial charge in [0, 0.05) is 17.5 Å². The van der Waals surface area contributed by atoms with E-state index in [-0.39, 0.29) is 18.6 Å². The highest BCUT2D eigenvalue weighted by molar-refractivity contribution is 7.99. The Hall–Kier alpha value is -2.45. The van der Waals surface area contributed by atoms with E-state index in [9.17, 15) is 4.79 Å². The van der Waals surface area contributed by atoms with Gasteiger partial charge < -0.3 is 10.1 Å². The molecule has 2 rings (SSSR count). The highest BCUT2D eigenvalue weighted by Crippen LogP contribution is 2.25. The first-order valence-corrected chi connectivity index (χ1v) is 8.73. The third kappa shape index (κ3) is 5.32. The summed E-state index contributed by atoms with van der Waals surface area (Å²) in [6.45, 7) is 3.76. The fourth-order valence-electron chi connectivity index (χ4n) is 2.25. The largest absolute Gasteiger partial charge is 0.463 e. The number of benzene rings is 2. The number of thioether (sulfide) groups is 1. The van der Waals surface area contributed by atoms with Gasteiger partial charge in [0.25, 0.3) is 0 Å². The molecule has 2 aromatic carbocycles. The second kappa shape index (κ2) is 8.99. The van der Waals surface area contributed by atoms with Crippen molar-refractivity contribution >= 4 is 23.4 Å². The summed E-state index contributed by atoms with van der Waals surface area (Å²) in [6, 6.07) is 17.4. The van der Waals surface area contributed by atoms with Crippen molar-refractivity contribution in [3.63, 3.8) is 0 Å². The summed E-state index contributed by atoms with van der Waals surface area (Å²) in [5, 5.41) is 12.3. The molecule has 0 aliphatic rings. The Labute approximate surface area is 146 Å². The van der Waals surface area contributed by atoms with Crippen molar-refractivity contribution in [3.8, 4) is 6.07 Å². The number of hydrogen-bond donors (Lipinski definition) is 1. The van der Waals surface area contributed by atoms with Crippen molar-refractivity contribution in [2.45, 2.75) is 24.8 Å². The molecule has 4 nitrogen and oxygen atoms in total. The molecule has 1 unspecified atom stereocenters. The van der Waals surface area contributed by atoms with Gasteiger partial charge in [-0.1, -0.05) is 19.1 Å². The van der Waals surface area contributed by atoms with Crippen molar-refractivity contribution in [2.75, 3.05) is 17.7 Å². The number of nitriles is 1. The number of esters is 1. The number of carbonyl (C=O) groups excluding carboxylic acids is 1. The lowest BCUT2D eigenvalue weighted by Gasteiger charge is -2.21. The zero-order valence-corrected chi connectivity index (χ0v) is 14.6. The molecule has 0 bridgehead atoms. The van der Waals surface area contributed by atoms with E-state index < -0.39 is 0 Å². The highest BCUT2D eigenvalue weighted by Gasteiger charge is 2.14. The molecule has 0 saturated carbocycles. The molecule has 0 fully saturated rings. The monoisotopic (exact) mass is 340 g/mol. The van der Waals surface area contributed by atoms with E-state index in [4.69, 9.17) is 10.00 Å². The summed E-state index contributed by atoms with van der Waals surface area (Å²) in [5.41, 5.74) is 2.54. The molecule has 0 saturated heterocycles. The molecule has 0 heterocycles. The maximum Gasteiger partial charge on any atom is 0.302 e. The van der Waals surface area contributed by atoms with Crippen LogP contribution in [0.15, 0.2) is 53.4 Å². The molecule has 0 spiro atoms. The Morgan fingerprint density at radius 3 is 2.67 bits per heavy atom. The quantitative estimate of drug-likeness (QED) is 0.598. The smallest absolute Gasteiger partial charge is 0.302 e. The summed E-state index contributed by atoms with van der Waals surface area (Å²) >= 11 is 1.77. The van der Waals surface area contributed by atoms with E-state index in [1.54, 1.807) is 23.9 Å². The standard InChI is InChI=1S/C19H20N2O2S/c1-3-24-18-6-4-5-16(11-18)19(13-23-14(2)22)21-17-9-7-15(12-20)8-10-17/h4-11,19,21H,3,13H2,1-2H3. The Kier molecular flexibility index (Phi) is 6.71. The molecule has 0 aromatic heterocycles. The number of rotatable bonds is 7. The van der Waals surface area contributed by atoms with E-state index in [1.807, 2.05) is 24.3 Å². The third-order valence-electron chi connectivity index (χ3n) is 3.38. The van der Waals surface area contributed by atoms with Crippen LogP contribution >= 0.6 is 11.8 Å². The van der Waals surface area contributed by atoms with Crippen LogP contribution in [0.2, 0.25) is 0 Å². The number of carbonyl (C=O) groups is 1. The molecule has 0 aliphatic carbocycles. The Morgan fingerprint density at radius 2 is 2.04 bits per heavy atom. The normalized spacial score (nSPS) is 11.4. The lowest BCUT2D eigenvalue weighted by Crippen LogP contribution is -2.18. The fraction of sp³-hybridized carbons (Fsp3) is 0.263. The molecule has 0 amide bonds. The van der Waals surface area contributed by atoms with Crippen LogP contribution in [0.1, 0.15) is 31.0 Å². The summed E-state index contributed by atoms with van der Waals surface area (Å²) in [5.74, 6) is 0.696. The number of nitrogens with zero attached hydrogens (tertiary/aromatic N) is 1. The van der Waals surface area contributed by atoms with Crippen LogP contribution in [0.5, 0.6) is 0 Å². The minimum absolute atomic E-state index is 0.153. The second-order valence-corrected chi connectivity index (χ2v) is 6.53. The summed E-state index contributed by atoms with van der Waals surface area (Å²) < 4.78 is 5.21. The molecule has 1 N–H and O–H groups in total. The predicted molar refractivity (Wildman–Crippen MR) is 97.0 cm³/mol. The van der Waals surface area contributed by atoms with Crippen molar-refractivity contribution in [1.82, 2.24) is 0 Å². The molecule has 1 atom stereocenters. The molecule has 124 valence electrons. The number of nitrogens with one attached hydrogen (secondary N) is 1. The lowest BCUT2D eigenvalue weighted by atomic mass is 10.1. The van der Waals surface area contributed by atoms with Crippen molar-refractivity contribution < 1.29 is 9.53 Å². The zero-order chi connectivity index (χ0) is 17.4. The first-order valence-electron chi connectivity index (χ1n) is 7.75. The van der Waals surface area contributed by atoms with Gasteiger partial charge in [-0.2, -0.15) is 5.26 Å². The predicted octanol–water partition coefficient (Wildman–Crippen LogP) is 4.39. The van der Waals surface area contributed by atoms with Gasteiger partial charge in [0.2, 0.25) is 0 Å². The molecule has 5 heteroatoms. The maximum absolute atomic E-state index is 11.2. The number of anilines is 1. The second-order valence-electron chi connectivity index (χ2n) is 5.19. The van der Waals surface area contributed by atoms with Crippen molar-refractivity contribution in [1.29, 1.82) is 5.26 Å². The van der Waals surface area contributed by atoms with Crippen LogP contribution in [0.4, 0.5) is 5.69 Å². The minimum atomic E-state index is -0.305. The summed E-state index contributed by atoms with van der Waals surface area (Å²) in [6.07, 6.45) is 0. The van der Waals surface area contributed by atoms with E-state index in [2.05, 4.69) is 30.4 Å². The van der Waals surface area contributed by atoms with Crippen LogP contribution in [-0.2, 0) is 9.53 Å². The minimum Gasteiger partial charge on any atom is -0.463 e. The van der Waals surface area contributed by atoms with Crippen molar-refractivity contribution in [2.24, 2.45) is 0 Å². The van der Waals surface area contributed by atoms with Crippen LogP contribution in [0.25, 0.3) is 0 Å². The average molecular weight is 340 g/mol. The van der Waals surface area contributed by atoms with Crippen LogP contribution in [-0.4, -0.2) is 18.3 Å². The van der Waals surface area contributed by atoms with Crippen LogP contribution in [0.3, 0.4) is 0 Å². The van der Waals surface area contributed by atoms with Gasteiger partial charge in [-0.05, 0) is 47.7 Å². The summed E-state index contributed by atoms with van der Waals surface area (Å²) in [7, 11) is 0. The average Bonchev–Trinajstić information content (AvgIpc) is 2.59. The maximum atomic E-state index is 11.2. The van der Waals surface area contributed by atoms with Gasteiger partial charge >= 0.3 is 5.97 Å². The lowest BCUT2D eigenvalue weighted by molar-refractivity contribution is -0.141.